The van der Waals surface area contributed by atoms with Crippen molar-refractivity contribution >= 4 is 5.91 Å². The number of benzene rings is 2. The van der Waals surface area contributed by atoms with Crippen molar-refractivity contribution in [3.05, 3.63) is 59.4 Å². The number of likely N-dealkylation sites (tertiary alicyclic amines) is 1. The average Bonchev–Trinajstić information content (AvgIpc) is 3.23. The Hall–Kier alpha value is -2.41. The predicted octanol–water partition coefficient (Wildman–Crippen LogP) is 4.32. The second-order valence-electron chi connectivity index (χ2n) is 7.64. The summed E-state index contributed by atoms with van der Waals surface area (Å²) in [6.07, 6.45) is -2.60. The van der Waals surface area contributed by atoms with E-state index in [-0.39, 0.29) is 29.0 Å². The van der Waals surface area contributed by atoms with Crippen LogP contribution in [-0.4, -0.2) is 29.9 Å². The van der Waals surface area contributed by atoms with Gasteiger partial charge in [0.1, 0.15) is 5.82 Å². The third-order valence-electron chi connectivity index (χ3n) is 5.91. The van der Waals surface area contributed by atoms with Gasteiger partial charge in [0, 0.05) is 19.1 Å². The first kappa shape index (κ1) is 18.9. The SMILES string of the molecule is NC1CCC2CN(C(=O)c3cc(F)ccc3-c3cccc(C(F)(F)F)c3)CC12. The van der Waals surface area contributed by atoms with Gasteiger partial charge < -0.3 is 10.6 Å². The lowest BCUT2D eigenvalue weighted by Crippen LogP contribution is -2.33. The fraction of sp³-hybridized carbons (Fsp3) is 0.381. The van der Waals surface area contributed by atoms with Crippen molar-refractivity contribution in [2.45, 2.75) is 25.1 Å². The molecule has 0 bridgehead atoms. The summed E-state index contributed by atoms with van der Waals surface area (Å²) < 4.78 is 53.1. The van der Waals surface area contributed by atoms with Gasteiger partial charge in [0.15, 0.2) is 0 Å². The summed E-state index contributed by atoms with van der Waals surface area (Å²) in [4.78, 5) is 14.8. The van der Waals surface area contributed by atoms with Gasteiger partial charge in [-0.2, -0.15) is 13.2 Å². The number of amides is 1. The van der Waals surface area contributed by atoms with Crippen molar-refractivity contribution in [1.29, 1.82) is 0 Å². The van der Waals surface area contributed by atoms with E-state index in [9.17, 15) is 22.4 Å². The van der Waals surface area contributed by atoms with Gasteiger partial charge in [-0.05, 0) is 60.1 Å². The molecule has 1 heterocycles. The molecule has 1 aliphatic heterocycles. The standard InChI is InChI=1S/C21H20F4N2O/c22-15-5-6-16(12-2-1-3-14(8-12)21(23,24)25)17(9-15)20(28)27-10-13-4-7-19(26)18(13)11-27/h1-3,5-6,8-9,13,18-19H,4,7,10-11,26H2. The first-order valence-corrected chi connectivity index (χ1v) is 9.26. The summed E-state index contributed by atoms with van der Waals surface area (Å²) in [5.74, 6) is -0.400. The molecule has 2 aromatic rings. The maximum Gasteiger partial charge on any atom is 0.416 e. The Labute approximate surface area is 160 Å². The van der Waals surface area contributed by atoms with Crippen molar-refractivity contribution < 1.29 is 22.4 Å². The third-order valence-corrected chi connectivity index (χ3v) is 5.91. The van der Waals surface area contributed by atoms with Crippen LogP contribution in [0.25, 0.3) is 11.1 Å². The monoisotopic (exact) mass is 392 g/mol. The largest absolute Gasteiger partial charge is 0.416 e. The number of hydrogen-bond donors (Lipinski definition) is 1. The van der Waals surface area contributed by atoms with Crippen LogP contribution in [0.1, 0.15) is 28.8 Å². The zero-order valence-electron chi connectivity index (χ0n) is 15.0. The number of carbonyl (C=O) groups is 1. The van der Waals surface area contributed by atoms with Gasteiger partial charge in [-0.3, -0.25) is 4.79 Å². The highest BCUT2D eigenvalue weighted by molar-refractivity contribution is 6.01. The molecular weight excluding hydrogens is 372 g/mol. The van der Waals surface area contributed by atoms with Gasteiger partial charge in [0.05, 0.1) is 11.1 Å². The number of halogens is 4. The van der Waals surface area contributed by atoms with Crippen molar-refractivity contribution in [2.24, 2.45) is 17.6 Å². The fourth-order valence-corrected chi connectivity index (χ4v) is 4.45. The molecule has 0 spiro atoms. The van der Waals surface area contributed by atoms with Crippen LogP contribution >= 0.6 is 0 Å². The number of carbonyl (C=O) groups excluding carboxylic acids is 1. The maximum absolute atomic E-state index is 13.9. The molecule has 2 aliphatic rings. The highest BCUT2D eigenvalue weighted by atomic mass is 19.4. The molecule has 1 aliphatic carbocycles. The minimum absolute atomic E-state index is 0.0539. The molecule has 7 heteroatoms. The number of nitrogens with zero attached hydrogens (tertiary/aromatic N) is 1. The molecule has 148 valence electrons. The maximum atomic E-state index is 13.9. The van der Waals surface area contributed by atoms with E-state index in [4.69, 9.17) is 5.73 Å². The fourth-order valence-electron chi connectivity index (χ4n) is 4.45. The number of alkyl halides is 3. The normalized spacial score (nSPS) is 24.5. The lowest BCUT2D eigenvalue weighted by molar-refractivity contribution is -0.137. The smallest absolute Gasteiger partial charge is 0.338 e. The van der Waals surface area contributed by atoms with E-state index in [1.165, 1.54) is 18.2 Å². The van der Waals surface area contributed by atoms with Crippen molar-refractivity contribution in [3.8, 4) is 11.1 Å². The quantitative estimate of drug-likeness (QED) is 0.774. The van der Waals surface area contributed by atoms with Crippen LogP contribution in [0, 0.1) is 17.7 Å². The number of hydrogen-bond acceptors (Lipinski definition) is 2. The second-order valence-corrected chi connectivity index (χ2v) is 7.64. The highest BCUT2D eigenvalue weighted by Gasteiger charge is 2.43. The van der Waals surface area contributed by atoms with E-state index in [0.29, 0.717) is 24.6 Å². The summed E-state index contributed by atoms with van der Waals surface area (Å²) in [6.45, 7) is 1.05. The Bertz CT molecular complexity index is 912. The molecule has 3 nitrogen and oxygen atoms in total. The summed E-state index contributed by atoms with van der Waals surface area (Å²) in [5.41, 5.74) is 5.91. The lowest BCUT2D eigenvalue weighted by atomic mass is 9.97. The van der Waals surface area contributed by atoms with Gasteiger partial charge >= 0.3 is 6.18 Å². The number of fused-ring (bicyclic) bond motifs is 1. The molecule has 2 fully saturated rings. The molecule has 3 unspecified atom stereocenters. The zero-order valence-corrected chi connectivity index (χ0v) is 15.0. The Kier molecular flexibility index (Phi) is 4.65. The summed E-state index contributed by atoms with van der Waals surface area (Å²) in [7, 11) is 0. The van der Waals surface area contributed by atoms with Crippen LogP contribution in [0.2, 0.25) is 0 Å². The van der Waals surface area contributed by atoms with E-state index >= 15 is 0 Å². The zero-order chi connectivity index (χ0) is 20.1. The Morgan fingerprint density at radius 2 is 1.86 bits per heavy atom. The van der Waals surface area contributed by atoms with E-state index < -0.39 is 17.6 Å². The van der Waals surface area contributed by atoms with E-state index in [1.807, 2.05) is 0 Å². The van der Waals surface area contributed by atoms with Gasteiger partial charge in [-0.1, -0.05) is 18.2 Å². The van der Waals surface area contributed by atoms with Crippen molar-refractivity contribution in [3.63, 3.8) is 0 Å². The molecule has 1 saturated carbocycles. The molecule has 0 aromatic heterocycles. The molecule has 4 rings (SSSR count). The molecule has 1 saturated heterocycles. The van der Waals surface area contributed by atoms with E-state index in [0.717, 1.165) is 37.1 Å². The van der Waals surface area contributed by atoms with Crippen LogP contribution in [0.4, 0.5) is 17.6 Å². The van der Waals surface area contributed by atoms with Crippen molar-refractivity contribution in [1.82, 2.24) is 4.90 Å². The third kappa shape index (κ3) is 3.39. The van der Waals surface area contributed by atoms with E-state index in [2.05, 4.69) is 0 Å². The van der Waals surface area contributed by atoms with Crippen molar-refractivity contribution in [2.75, 3.05) is 13.1 Å². The van der Waals surface area contributed by atoms with Crippen LogP contribution in [0.15, 0.2) is 42.5 Å². The molecular formula is C21H20F4N2O. The molecule has 2 N–H and O–H groups in total. The van der Waals surface area contributed by atoms with Crippen LogP contribution in [-0.2, 0) is 6.18 Å². The average molecular weight is 392 g/mol. The number of rotatable bonds is 2. The molecule has 28 heavy (non-hydrogen) atoms. The highest BCUT2D eigenvalue weighted by Crippen LogP contribution is 2.39. The molecule has 1 amide bonds. The minimum atomic E-state index is -4.50. The minimum Gasteiger partial charge on any atom is -0.338 e. The Morgan fingerprint density at radius 1 is 1.07 bits per heavy atom. The van der Waals surface area contributed by atoms with E-state index in [1.54, 1.807) is 4.90 Å². The topological polar surface area (TPSA) is 46.3 Å². The first-order chi connectivity index (χ1) is 13.2. The molecule has 0 radical (unpaired) electrons. The lowest BCUT2D eigenvalue weighted by Gasteiger charge is -2.21. The van der Waals surface area contributed by atoms with Gasteiger partial charge in [0.25, 0.3) is 5.91 Å². The summed E-state index contributed by atoms with van der Waals surface area (Å²) in [5, 5.41) is 0. The van der Waals surface area contributed by atoms with Gasteiger partial charge in [-0.15, -0.1) is 0 Å². The molecule has 3 atom stereocenters. The second kappa shape index (κ2) is 6.88. The Balaban J connectivity index is 1.69. The number of nitrogens with two attached hydrogens (primary N) is 1. The van der Waals surface area contributed by atoms with Crippen LogP contribution in [0.5, 0.6) is 0 Å². The summed E-state index contributed by atoms with van der Waals surface area (Å²) in [6, 6.07) is 8.41. The van der Waals surface area contributed by atoms with Gasteiger partial charge in [-0.25, -0.2) is 4.39 Å². The van der Waals surface area contributed by atoms with Crippen LogP contribution in [0.3, 0.4) is 0 Å². The van der Waals surface area contributed by atoms with Gasteiger partial charge in [0.2, 0.25) is 0 Å². The first-order valence-electron chi connectivity index (χ1n) is 9.26. The predicted molar refractivity (Wildman–Crippen MR) is 96.9 cm³/mol. The summed E-state index contributed by atoms with van der Waals surface area (Å²) >= 11 is 0. The van der Waals surface area contributed by atoms with Crippen LogP contribution < -0.4 is 5.73 Å². The molecule has 2 aromatic carbocycles. The Morgan fingerprint density at radius 3 is 2.57 bits per heavy atom.